The first-order valence-corrected chi connectivity index (χ1v) is 8.52. The summed E-state index contributed by atoms with van der Waals surface area (Å²) in [6.07, 6.45) is 3.01. The van der Waals surface area contributed by atoms with E-state index in [1.54, 1.807) is 48.7 Å². The van der Waals surface area contributed by atoms with Crippen molar-refractivity contribution in [2.24, 2.45) is 5.92 Å². The second kappa shape index (κ2) is 8.15. The van der Waals surface area contributed by atoms with Crippen LogP contribution in [0, 0.1) is 17.2 Å². The number of rotatable bonds is 6. The molecule has 0 spiro atoms. The highest BCUT2D eigenvalue weighted by atomic mass is 16.5. The van der Waals surface area contributed by atoms with E-state index in [4.69, 9.17) is 4.74 Å². The Bertz CT molecular complexity index is 956. The number of ether oxygens (including phenoxy) is 1. The molecular formula is C20H19N5O2. The summed E-state index contributed by atoms with van der Waals surface area (Å²) in [6, 6.07) is 14.2. The third-order valence-corrected chi connectivity index (χ3v) is 3.69. The maximum Gasteiger partial charge on any atom is 0.256 e. The Kier molecular flexibility index (Phi) is 5.47. The number of hydrogen-bond acceptors (Lipinski definition) is 5. The number of amides is 1. The number of nitrogens with zero attached hydrogens (tertiary/aromatic N) is 4. The minimum Gasteiger partial charge on any atom is -0.493 e. The van der Waals surface area contributed by atoms with Crippen LogP contribution in [-0.4, -0.2) is 27.3 Å². The molecule has 0 fully saturated rings. The van der Waals surface area contributed by atoms with Gasteiger partial charge in [-0.25, -0.2) is 4.98 Å². The van der Waals surface area contributed by atoms with Gasteiger partial charge in [0, 0.05) is 11.8 Å². The Morgan fingerprint density at radius 1 is 1.26 bits per heavy atom. The first-order valence-electron chi connectivity index (χ1n) is 8.52. The van der Waals surface area contributed by atoms with E-state index in [0.29, 0.717) is 29.7 Å². The Hall–Kier alpha value is -3.66. The lowest BCUT2D eigenvalue weighted by Crippen LogP contribution is -2.16. The van der Waals surface area contributed by atoms with E-state index in [2.05, 4.69) is 29.2 Å². The van der Waals surface area contributed by atoms with Gasteiger partial charge in [-0.3, -0.25) is 4.79 Å². The van der Waals surface area contributed by atoms with Crippen molar-refractivity contribution < 1.29 is 9.53 Å². The highest BCUT2D eigenvalue weighted by Gasteiger charge is 2.16. The molecule has 0 saturated heterocycles. The van der Waals surface area contributed by atoms with E-state index in [9.17, 15) is 10.1 Å². The molecule has 136 valence electrons. The van der Waals surface area contributed by atoms with E-state index in [1.807, 2.05) is 6.07 Å². The summed E-state index contributed by atoms with van der Waals surface area (Å²) >= 11 is 0. The number of benzene rings is 1. The molecule has 2 heterocycles. The second-order valence-electron chi connectivity index (χ2n) is 6.30. The lowest BCUT2D eigenvalue weighted by Gasteiger charge is -2.10. The van der Waals surface area contributed by atoms with Crippen molar-refractivity contribution >= 4 is 11.7 Å². The molecule has 0 bridgehead atoms. The van der Waals surface area contributed by atoms with Crippen LogP contribution >= 0.6 is 0 Å². The van der Waals surface area contributed by atoms with E-state index in [0.717, 1.165) is 0 Å². The van der Waals surface area contributed by atoms with Crippen molar-refractivity contribution in [1.29, 1.82) is 5.26 Å². The summed E-state index contributed by atoms with van der Waals surface area (Å²) in [4.78, 5) is 16.8. The average molecular weight is 361 g/mol. The van der Waals surface area contributed by atoms with E-state index in [1.165, 1.54) is 10.9 Å². The quantitative estimate of drug-likeness (QED) is 0.726. The molecule has 27 heavy (non-hydrogen) atoms. The van der Waals surface area contributed by atoms with Gasteiger partial charge in [-0.2, -0.15) is 15.0 Å². The summed E-state index contributed by atoms with van der Waals surface area (Å²) in [5.41, 5.74) is 0.704. The Balaban J connectivity index is 1.80. The zero-order chi connectivity index (χ0) is 19.2. The number of nitriles is 1. The third kappa shape index (κ3) is 4.30. The minimum atomic E-state index is -0.348. The zero-order valence-corrected chi connectivity index (χ0v) is 15.1. The largest absolute Gasteiger partial charge is 0.493 e. The average Bonchev–Trinajstić information content (AvgIpc) is 3.10. The lowest BCUT2D eigenvalue weighted by atomic mass is 10.2. The molecule has 0 saturated carbocycles. The van der Waals surface area contributed by atoms with Crippen LogP contribution in [0.5, 0.6) is 5.75 Å². The molecule has 0 atom stereocenters. The van der Waals surface area contributed by atoms with Crippen LogP contribution in [0.4, 0.5) is 5.82 Å². The molecule has 0 aliphatic rings. The van der Waals surface area contributed by atoms with Gasteiger partial charge in [0.1, 0.15) is 17.4 Å². The first kappa shape index (κ1) is 18.1. The summed E-state index contributed by atoms with van der Waals surface area (Å²) in [7, 11) is 0. The molecule has 1 aromatic carbocycles. The molecule has 7 heteroatoms. The summed E-state index contributed by atoms with van der Waals surface area (Å²) < 4.78 is 7.05. The summed E-state index contributed by atoms with van der Waals surface area (Å²) in [6.45, 7) is 4.75. The van der Waals surface area contributed by atoms with E-state index < -0.39 is 0 Å². The fourth-order valence-corrected chi connectivity index (χ4v) is 2.35. The Labute approximate surface area is 157 Å². The van der Waals surface area contributed by atoms with Gasteiger partial charge >= 0.3 is 0 Å². The van der Waals surface area contributed by atoms with Crippen molar-refractivity contribution in [3.63, 3.8) is 0 Å². The lowest BCUT2D eigenvalue weighted by molar-refractivity contribution is 0.102. The standard InChI is InChI=1S/C20H19N5O2/c1-14(2)13-27-17-8-6-15(7-9-17)20(26)24-19-16(11-21)12-23-25(19)18-5-3-4-10-22-18/h3-10,12,14H,13H2,1-2H3,(H,24,26). The molecule has 0 aliphatic heterocycles. The number of carbonyl (C=O) groups is 1. The van der Waals surface area contributed by atoms with Crippen LogP contribution in [0.1, 0.15) is 29.8 Å². The van der Waals surface area contributed by atoms with Crippen LogP contribution in [0.2, 0.25) is 0 Å². The van der Waals surface area contributed by atoms with Crippen molar-refractivity contribution in [2.45, 2.75) is 13.8 Å². The van der Waals surface area contributed by atoms with Crippen molar-refractivity contribution in [3.8, 4) is 17.6 Å². The van der Waals surface area contributed by atoms with Crippen LogP contribution in [0.3, 0.4) is 0 Å². The predicted molar refractivity (Wildman–Crippen MR) is 101 cm³/mol. The topological polar surface area (TPSA) is 92.8 Å². The molecule has 0 unspecified atom stereocenters. The zero-order valence-electron chi connectivity index (χ0n) is 15.1. The predicted octanol–water partition coefficient (Wildman–Crippen LogP) is 3.43. The first-order chi connectivity index (χ1) is 13.1. The fraction of sp³-hybridized carbons (Fsp3) is 0.200. The minimum absolute atomic E-state index is 0.255. The molecule has 7 nitrogen and oxygen atoms in total. The van der Waals surface area contributed by atoms with E-state index in [-0.39, 0.29) is 17.3 Å². The number of hydrogen-bond donors (Lipinski definition) is 1. The molecule has 3 rings (SSSR count). The molecule has 0 radical (unpaired) electrons. The summed E-state index contributed by atoms with van der Waals surface area (Å²) in [5, 5.41) is 16.2. The summed E-state index contributed by atoms with van der Waals surface area (Å²) in [5.74, 6) is 1.56. The monoisotopic (exact) mass is 361 g/mol. The van der Waals surface area contributed by atoms with Crippen LogP contribution in [0.25, 0.3) is 5.82 Å². The maximum absolute atomic E-state index is 12.6. The normalized spacial score (nSPS) is 10.4. The SMILES string of the molecule is CC(C)COc1ccc(C(=O)Nc2c(C#N)cnn2-c2ccccn2)cc1. The van der Waals surface area contributed by atoms with Gasteiger partial charge in [0.05, 0.1) is 12.8 Å². The van der Waals surface area contributed by atoms with Gasteiger partial charge < -0.3 is 10.1 Å². The van der Waals surface area contributed by atoms with Gasteiger partial charge in [0.15, 0.2) is 11.6 Å². The van der Waals surface area contributed by atoms with Crippen LogP contribution in [-0.2, 0) is 0 Å². The Morgan fingerprint density at radius 2 is 2.04 bits per heavy atom. The molecule has 1 amide bonds. The van der Waals surface area contributed by atoms with E-state index >= 15 is 0 Å². The van der Waals surface area contributed by atoms with Crippen molar-refractivity contribution in [3.05, 3.63) is 66.0 Å². The van der Waals surface area contributed by atoms with Gasteiger partial charge in [0.25, 0.3) is 5.91 Å². The smallest absolute Gasteiger partial charge is 0.256 e. The molecule has 1 N–H and O–H groups in total. The fourth-order valence-electron chi connectivity index (χ4n) is 2.35. The number of nitrogens with one attached hydrogen (secondary N) is 1. The Morgan fingerprint density at radius 3 is 2.67 bits per heavy atom. The number of pyridine rings is 1. The van der Waals surface area contributed by atoms with Gasteiger partial charge in [0.2, 0.25) is 0 Å². The third-order valence-electron chi connectivity index (χ3n) is 3.69. The van der Waals surface area contributed by atoms with Crippen molar-refractivity contribution in [2.75, 3.05) is 11.9 Å². The molecule has 0 aliphatic carbocycles. The number of carbonyl (C=O) groups excluding carboxylic acids is 1. The molecule has 2 aromatic heterocycles. The van der Waals surface area contributed by atoms with Gasteiger partial charge in [-0.15, -0.1) is 0 Å². The number of aromatic nitrogens is 3. The van der Waals surface area contributed by atoms with Crippen LogP contribution < -0.4 is 10.1 Å². The van der Waals surface area contributed by atoms with Crippen LogP contribution in [0.15, 0.2) is 54.9 Å². The molecular weight excluding hydrogens is 342 g/mol. The second-order valence-corrected chi connectivity index (χ2v) is 6.30. The number of anilines is 1. The highest BCUT2D eigenvalue weighted by Crippen LogP contribution is 2.20. The van der Waals surface area contributed by atoms with Crippen molar-refractivity contribution in [1.82, 2.24) is 14.8 Å². The van der Waals surface area contributed by atoms with Gasteiger partial charge in [-0.05, 0) is 42.3 Å². The van der Waals surface area contributed by atoms with Gasteiger partial charge in [-0.1, -0.05) is 19.9 Å². The highest BCUT2D eigenvalue weighted by molar-refractivity contribution is 6.04. The maximum atomic E-state index is 12.6. The molecule has 3 aromatic rings.